The summed E-state index contributed by atoms with van der Waals surface area (Å²) in [4.78, 5) is 49.0. The molecule has 1 fully saturated rings. The van der Waals surface area contributed by atoms with Gasteiger partial charge in [-0.25, -0.2) is 9.67 Å². The van der Waals surface area contributed by atoms with Gasteiger partial charge < -0.3 is 15.4 Å². The van der Waals surface area contributed by atoms with Gasteiger partial charge in [0.1, 0.15) is 17.6 Å². The van der Waals surface area contributed by atoms with Crippen molar-refractivity contribution in [3.8, 4) is 5.69 Å². The molecule has 2 N–H and O–H groups in total. The normalized spacial score (nSPS) is 18.4. The van der Waals surface area contributed by atoms with Crippen LogP contribution in [0.4, 0.5) is 5.82 Å². The Morgan fingerprint density at radius 3 is 2.60 bits per heavy atom. The average Bonchev–Trinajstić information content (AvgIpc) is 3.69. The van der Waals surface area contributed by atoms with Crippen LogP contribution >= 0.6 is 11.3 Å². The van der Waals surface area contributed by atoms with Gasteiger partial charge in [-0.3, -0.25) is 24.2 Å². The summed E-state index contributed by atoms with van der Waals surface area (Å²) in [6, 6.07) is 16.6. The van der Waals surface area contributed by atoms with Gasteiger partial charge >= 0.3 is 0 Å². The van der Waals surface area contributed by atoms with E-state index in [-0.39, 0.29) is 36.1 Å². The van der Waals surface area contributed by atoms with Gasteiger partial charge in [0.2, 0.25) is 5.91 Å². The molecule has 2 aliphatic rings. The number of para-hydroxylation sites is 1. The van der Waals surface area contributed by atoms with E-state index in [9.17, 15) is 14.4 Å². The molecule has 0 bridgehead atoms. The molecule has 2 aliphatic heterocycles. The molecule has 6 rings (SSSR count). The van der Waals surface area contributed by atoms with Crippen LogP contribution in [0.25, 0.3) is 5.69 Å². The van der Waals surface area contributed by atoms with Crippen LogP contribution in [0.5, 0.6) is 0 Å². The molecule has 3 atom stereocenters. The maximum atomic E-state index is 14.3. The van der Waals surface area contributed by atoms with Gasteiger partial charge in [-0.2, -0.15) is 5.10 Å². The largest absolute Gasteiger partial charge is 0.378 e. The molecular formula is C35H39N7O4S. The number of thiazole rings is 1. The minimum atomic E-state index is -0.915. The fraction of sp³-hybridized carbons (Fsp3) is 0.343. The van der Waals surface area contributed by atoms with Crippen molar-refractivity contribution in [1.82, 2.24) is 30.3 Å². The zero-order valence-electron chi connectivity index (χ0n) is 27.0. The molecule has 47 heavy (non-hydrogen) atoms. The average molecular weight is 654 g/mol. The Balaban J connectivity index is 1.32. The number of carbonyl (C=O) groups excluding carboxylic acids is 3. The van der Waals surface area contributed by atoms with E-state index in [1.54, 1.807) is 21.2 Å². The molecule has 12 heteroatoms. The third-order valence-corrected chi connectivity index (χ3v) is 9.82. The Kier molecular flexibility index (Phi) is 9.35. The first-order valence-electron chi connectivity index (χ1n) is 15.7. The number of hydrogen-bond acceptors (Lipinski definition) is 8. The number of amides is 3. The zero-order chi connectivity index (χ0) is 33.2. The number of hydrogen-bond donors (Lipinski definition) is 2. The Morgan fingerprint density at radius 1 is 1.17 bits per heavy atom. The highest BCUT2D eigenvalue weighted by Gasteiger charge is 2.44. The second kappa shape index (κ2) is 13.6. The summed E-state index contributed by atoms with van der Waals surface area (Å²) in [6.45, 7) is 11.7. The van der Waals surface area contributed by atoms with E-state index in [1.807, 2.05) is 82.4 Å². The maximum absolute atomic E-state index is 14.3. The van der Waals surface area contributed by atoms with Gasteiger partial charge in [0.05, 0.1) is 36.1 Å². The van der Waals surface area contributed by atoms with E-state index in [2.05, 4.69) is 27.1 Å². The molecule has 0 aliphatic carbocycles. The molecular weight excluding hydrogens is 614 g/mol. The lowest BCUT2D eigenvalue weighted by atomic mass is 9.82. The highest BCUT2D eigenvalue weighted by Crippen LogP contribution is 2.41. The van der Waals surface area contributed by atoms with E-state index in [4.69, 9.17) is 9.84 Å². The van der Waals surface area contributed by atoms with Crippen LogP contribution in [0.2, 0.25) is 0 Å². The molecule has 4 heterocycles. The van der Waals surface area contributed by atoms with Gasteiger partial charge in [-0.05, 0) is 51.1 Å². The Hall–Kier alpha value is -4.65. The highest BCUT2D eigenvalue weighted by atomic mass is 32.1. The summed E-state index contributed by atoms with van der Waals surface area (Å²) in [6.07, 6.45) is 1.78. The van der Waals surface area contributed by atoms with Gasteiger partial charge in [-0.15, -0.1) is 11.3 Å². The summed E-state index contributed by atoms with van der Waals surface area (Å²) in [5, 5.41) is 13.2. The predicted molar refractivity (Wildman–Crippen MR) is 181 cm³/mol. The van der Waals surface area contributed by atoms with Crippen LogP contribution in [-0.4, -0.2) is 82.3 Å². The lowest BCUT2D eigenvalue weighted by molar-refractivity contribution is -0.121. The molecule has 1 saturated heterocycles. The number of aryl methyl sites for hydroxylation is 1. The molecule has 4 aromatic rings. The van der Waals surface area contributed by atoms with E-state index >= 15 is 0 Å². The van der Waals surface area contributed by atoms with Crippen LogP contribution < -0.4 is 15.5 Å². The number of benzene rings is 2. The molecule has 11 nitrogen and oxygen atoms in total. The number of ether oxygens (including phenoxy) is 1. The number of aromatic nitrogens is 3. The summed E-state index contributed by atoms with van der Waals surface area (Å²) in [5.74, 6) is -0.772. The fourth-order valence-electron chi connectivity index (χ4n) is 6.10. The Labute approximate surface area is 278 Å². The van der Waals surface area contributed by atoms with Gasteiger partial charge in [0.15, 0.2) is 0 Å². The van der Waals surface area contributed by atoms with Crippen molar-refractivity contribution >= 4 is 34.9 Å². The van der Waals surface area contributed by atoms with Crippen LogP contribution in [-0.2, 0) is 20.9 Å². The van der Waals surface area contributed by atoms with Gasteiger partial charge in [0, 0.05) is 41.6 Å². The molecule has 2 aromatic heterocycles. The monoisotopic (exact) mass is 653 g/mol. The molecule has 2 aromatic carbocycles. The summed E-state index contributed by atoms with van der Waals surface area (Å²) in [7, 11) is 1.98. The van der Waals surface area contributed by atoms with Crippen molar-refractivity contribution in [2.24, 2.45) is 0 Å². The number of nitrogens with zero attached hydrogens (tertiary/aromatic N) is 5. The second-order valence-electron chi connectivity index (χ2n) is 11.9. The minimum absolute atomic E-state index is 0.143. The zero-order valence-corrected chi connectivity index (χ0v) is 27.8. The van der Waals surface area contributed by atoms with E-state index in [0.717, 1.165) is 27.4 Å². The van der Waals surface area contributed by atoms with Crippen LogP contribution in [0, 0.1) is 6.92 Å². The van der Waals surface area contributed by atoms with Crippen molar-refractivity contribution in [1.29, 1.82) is 0 Å². The number of likely N-dealkylation sites (N-methyl/N-ethyl adjacent to an activating group) is 2. The van der Waals surface area contributed by atoms with Crippen molar-refractivity contribution in [3.63, 3.8) is 0 Å². The SMILES string of the molecule is C=C(C(=O)NCc1cccc([C@@H]2c3cnn(-c4ccccc4)c3N(CC)C(=O)C2NC(=O)c2csc(C)n2)c1)C(C)N(C)C1COC1. The first-order valence-corrected chi connectivity index (χ1v) is 16.6. The van der Waals surface area contributed by atoms with E-state index in [0.29, 0.717) is 31.1 Å². The second-order valence-corrected chi connectivity index (χ2v) is 13.0. The topological polar surface area (TPSA) is 122 Å². The van der Waals surface area contributed by atoms with Gasteiger partial charge in [-0.1, -0.05) is 49.0 Å². The van der Waals surface area contributed by atoms with Gasteiger partial charge in [0.25, 0.3) is 11.8 Å². The van der Waals surface area contributed by atoms with E-state index in [1.165, 1.54) is 11.3 Å². The Morgan fingerprint density at radius 2 is 1.94 bits per heavy atom. The third-order valence-electron chi connectivity index (χ3n) is 9.05. The molecule has 2 unspecified atom stereocenters. The predicted octanol–water partition coefficient (Wildman–Crippen LogP) is 3.83. The Bertz CT molecular complexity index is 1800. The van der Waals surface area contributed by atoms with E-state index < -0.39 is 17.9 Å². The van der Waals surface area contributed by atoms with Crippen LogP contribution in [0.3, 0.4) is 0 Å². The molecule has 0 radical (unpaired) electrons. The van der Waals surface area contributed by atoms with Crippen molar-refractivity contribution in [2.45, 2.75) is 51.4 Å². The standard InChI is InChI=1S/C35H39N7O4S/c1-6-41-34-28(17-37-42(34)26-13-8-7-9-14-26)30(31(35(41)45)39-33(44)29-20-47-23(4)38-29)25-12-10-11-24(15-25)16-36-32(43)21(2)22(3)40(5)27-18-46-19-27/h7-15,17,20,22,27,30-31H,2,6,16,18-19H2,1,3-5H3,(H,36,43)(H,39,44)/t22?,30-,31?/m1/s1. The highest BCUT2D eigenvalue weighted by molar-refractivity contribution is 7.09. The third kappa shape index (κ3) is 6.36. The summed E-state index contributed by atoms with van der Waals surface area (Å²) < 4.78 is 7.08. The quantitative estimate of drug-likeness (QED) is 0.236. The first-order chi connectivity index (χ1) is 22.7. The summed E-state index contributed by atoms with van der Waals surface area (Å²) >= 11 is 1.38. The van der Waals surface area contributed by atoms with Crippen LogP contribution in [0.15, 0.2) is 78.3 Å². The van der Waals surface area contributed by atoms with Crippen molar-refractivity contribution in [2.75, 3.05) is 31.7 Å². The molecule has 0 saturated carbocycles. The van der Waals surface area contributed by atoms with Crippen molar-refractivity contribution < 1.29 is 19.1 Å². The fourth-order valence-corrected chi connectivity index (χ4v) is 6.70. The molecule has 3 amide bonds. The first kappa shape index (κ1) is 32.3. The number of anilines is 1. The number of nitrogens with one attached hydrogen (secondary N) is 2. The number of rotatable bonds is 11. The lowest BCUT2D eigenvalue weighted by Gasteiger charge is -2.38. The maximum Gasteiger partial charge on any atom is 0.271 e. The molecule has 0 spiro atoms. The molecule has 244 valence electrons. The minimum Gasteiger partial charge on any atom is -0.378 e. The summed E-state index contributed by atoms with van der Waals surface area (Å²) in [5.41, 5.74) is 4.04. The van der Waals surface area contributed by atoms with Crippen molar-refractivity contribution in [3.05, 3.63) is 106 Å². The lowest BCUT2D eigenvalue weighted by Crippen LogP contribution is -2.55. The van der Waals surface area contributed by atoms with Crippen LogP contribution in [0.1, 0.15) is 52.0 Å². The smallest absolute Gasteiger partial charge is 0.271 e. The number of carbonyl (C=O) groups is 3. The number of fused-ring (bicyclic) bond motifs is 1.